The molecule has 0 saturated carbocycles. The predicted molar refractivity (Wildman–Crippen MR) is 54.7 cm³/mol. The van der Waals surface area contributed by atoms with Crippen LogP contribution in [0.3, 0.4) is 0 Å². The van der Waals surface area contributed by atoms with E-state index in [0.29, 0.717) is 33.1 Å². The van der Waals surface area contributed by atoms with Crippen LogP contribution < -0.4 is 0 Å². The topological polar surface area (TPSA) is 142 Å². The fraction of sp³-hybridized carbons (Fsp3) is 0. The first-order valence-corrected chi connectivity index (χ1v) is 4.76. The molecule has 11 nitrogen and oxygen atoms in total. The van der Waals surface area contributed by atoms with Crippen LogP contribution in [-0.4, -0.2) is 56.4 Å². The zero-order chi connectivity index (χ0) is 11.9. The van der Waals surface area contributed by atoms with Gasteiger partial charge in [0, 0.05) is 0 Å². The minimum absolute atomic E-state index is 0.386. The second kappa shape index (κ2) is 3.19. The Bertz CT molecular complexity index is 669. The van der Waals surface area contributed by atoms with Gasteiger partial charge in [0.05, 0.1) is 0 Å². The quantitative estimate of drug-likeness (QED) is 0.330. The SMILES string of the molecule is c1nnc2c(n1)c1nnnnc1c1nnnnc21. The zero-order valence-electron chi connectivity index (χ0n) is 8.50. The number of rotatable bonds is 0. The maximum Gasteiger partial charge on any atom is 0.147 e. The first-order valence-electron chi connectivity index (χ1n) is 4.76. The molecule has 0 N–H and O–H groups in total. The molecule has 4 aromatic rings. The maximum atomic E-state index is 4.10. The maximum absolute atomic E-state index is 4.10. The fourth-order valence-electron chi connectivity index (χ4n) is 1.69. The summed E-state index contributed by atoms with van der Waals surface area (Å²) in [6.07, 6.45) is 1.30. The molecule has 4 rings (SSSR count). The highest BCUT2D eigenvalue weighted by Gasteiger charge is 2.16. The second-order valence-corrected chi connectivity index (χ2v) is 3.31. The van der Waals surface area contributed by atoms with Gasteiger partial charge in [-0.15, -0.1) is 30.6 Å². The monoisotopic (exact) mass is 239 g/mol. The molecular weight excluding hydrogens is 238 g/mol. The molecule has 0 fully saturated rings. The molecule has 0 bridgehead atoms. The van der Waals surface area contributed by atoms with Crippen LogP contribution in [-0.2, 0) is 0 Å². The summed E-state index contributed by atoms with van der Waals surface area (Å²) in [5.74, 6) is 0. The number of hydrogen-bond donors (Lipinski definition) is 0. The van der Waals surface area contributed by atoms with Gasteiger partial charge in [-0.3, -0.25) is 0 Å². The van der Waals surface area contributed by atoms with Crippen molar-refractivity contribution in [1.82, 2.24) is 56.4 Å². The predicted octanol–water partition coefficient (Wildman–Crippen LogP) is -1.51. The molecule has 0 aliphatic heterocycles. The number of aromatic nitrogens is 11. The molecule has 0 spiro atoms. The largest absolute Gasteiger partial charge is 0.230 e. The molecule has 0 amide bonds. The van der Waals surface area contributed by atoms with Gasteiger partial charge < -0.3 is 0 Å². The van der Waals surface area contributed by atoms with Gasteiger partial charge in [0.1, 0.15) is 39.4 Å². The molecule has 0 saturated heterocycles. The molecule has 1 aromatic carbocycles. The average Bonchev–Trinajstić information content (AvgIpc) is 2.48. The van der Waals surface area contributed by atoms with Crippen molar-refractivity contribution in [1.29, 1.82) is 0 Å². The lowest BCUT2D eigenvalue weighted by Crippen LogP contribution is -2.02. The van der Waals surface area contributed by atoms with Crippen LogP contribution in [0.15, 0.2) is 6.33 Å². The number of fused-ring (bicyclic) bond motifs is 6. The van der Waals surface area contributed by atoms with Crippen molar-refractivity contribution in [2.24, 2.45) is 0 Å². The Morgan fingerprint density at radius 1 is 0.500 bits per heavy atom. The van der Waals surface area contributed by atoms with Gasteiger partial charge in [0.25, 0.3) is 0 Å². The molecule has 3 heterocycles. The zero-order valence-corrected chi connectivity index (χ0v) is 8.50. The van der Waals surface area contributed by atoms with Crippen LogP contribution >= 0.6 is 0 Å². The Morgan fingerprint density at radius 3 is 1.50 bits per heavy atom. The van der Waals surface area contributed by atoms with Crippen molar-refractivity contribution in [3.8, 4) is 0 Å². The fourth-order valence-corrected chi connectivity index (χ4v) is 1.69. The van der Waals surface area contributed by atoms with Gasteiger partial charge in [-0.05, 0) is 20.9 Å². The molecule has 3 aromatic heterocycles. The normalized spacial score (nSPS) is 11.3. The molecule has 0 atom stereocenters. The third-order valence-electron chi connectivity index (χ3n) is 2.40. The Labute approximate surface area is 96.7 Å². The van der Waals surface area contributed by atoms with Crippen molar-refractivity contribution < 1.29 is 0 Å². The highest BCUT2D eigenvalue weighted by atomic mass is 15.4. The van der Waals surface area contributed by atoms with E-state index in [0.717, 1.165) is 0 Å². The van der Waals surface area contributed by atoms with Gasteiger partial charge in [-0.2, -0.15) is 0 Å². The van der Waals surface area contributed by atoms with Crippen LogP contribution in [0.4, 0.5) is 0 Å². The van der Waals surface area contributed by atoms with Gasteiger partial charge in [-0.25, -0.2) is 4.98 Å². The lowest BCUT2D eigenvalue weighted by atomic mass is 10.2. The standard InChI is InChI=1S/C7HN11/c1-8-2-3(10-9-1)5-7(14-18-16-12-5)6-4(2)11-15-17-13-6/h1H. The van der Waals surface area contributed by atoms with Gasteiger partial charge >= 0.3 is 0 Å². The van der Waals surface area contributed by atoms with E-state index in [-0.39, 0.29) is 0 Å². The van der Waals surface area contributed by atoms with E-state index in [1.807, 2.05) is 0 Å². The molecule has 18 heavy (non-hydrogen) atoms. The summed E-state index contributed by atoms with van der Waals surface area (Å²) in [5, 5.41) is 37.1. The summed E-state index contributed by atoms with van der Waals surface area (Å²) in [4.78, 5) is 4.10. The Kier molecular flexibility index (Phi) is 1.59. The van der Waals surface area contributed by atoms with Crippen LogP contribution in [0.2, 0.25) is 0 Å². The Hall–Kier alpha value is -3.11. The number of nitrogens with zero attached hydrogens (tertiary/aromatic N) is 11. The van der Waals surface area contributed by atoms with Gasteiger partial charge in [0.2, 0.25) is 0 Å². The molecule has 0 aliphatic carbocycles. The van der Waals surface area contributed by atoms with E-state index in [2.05, 4.69) is 56.4 Å². The Balaban J connectivity index is 2.46. The summed E-state index contributed by atoms with van der Waals surface area (Å²) in [7, 11) is 0. The van der Waals surface area contributed by atoms with E-state index < -0.39 is 0 Å². The minimum Gasteiger partial charge on any atom is -0.230 e. The minimum atomic E-state index is 0.386. The number of hydrogen-bond acceptors (Lipinski definition) is 11. The second-order valence-electron chi connectivity index (χ2n) is 3.31. The molecule has 11 heteroatoms. The van der Waals surface area contributed by atoms with Gasteiger partial charge in [0.15, 0.2) is 0 Å². The summed E-state index contributed by atoms with van der Waals surface area (Å²) in [6, 6.07) is 0. The lowest BCUT2D eigenvalue weighted by molar-refractivity contribution is 0.784. The third kappa shape index (κ3) is 1.04. The summed E-state index contributed by atoms with van der Waals surface area (Å²) in [6.45, 7) is 0. The molecule has 84 valence electrons. The average molecular weight is 239 g/mol. The van der Waals surface area contributed by atoms with Crippen molar-refractivity contribution >= 4 is 33.1 Å². The van der Waals surface area contributed by atoms with Crippen LogP contribution in [0.25, 0.3) is 33.1 Å². The molecule has 0 aliphatic rings. The molecular formula is C7HN11. The van der Waals surface area contributed by atoms with Crippen molar-refractivity contribution in [3.63, 3.8) is 0 Å². The summed E-state index contributed by atoms with van der Waals surface area (Å²) < 4.78 is 0. The van der Waals surface area contributed by atoms with Crippen LogP contribution in [0.1, 0.15) is 0 Å². The summed E-state index contributed by atoms with van der Waals surface area (Å²) >= 11 is 0. The van der Waals surface area contributed by atoms with Crippen molar-refractivity contribution in [3.05, 3.63) is 6.33 Å². The first-order chi connectivity index (χ1) is 8.95. The Morgan fingerprint density at radius 2 is 0.944 bits per heavy atom. The van der Waals surface area contributed by atoms with E-state index in [4.69, 9.17) is 0 Å². The summed E-state index contributed by atoms with van der Waals surface area (Å²) in [5.41, 5.74) is 2.50. The first kappa shape index (κ1) is 8.98. The molecule has 0 radical (unpaired) electrons. The highest BCUT2D eigenvalue weighted by Crippen LogP contribution is 2.25. The van der Waals surface area contributed by atoms with E-state index in [9.17, 15) is 0 Å². The molecule has 0 unspecified atom stereocenters. The lowest BCUT2D eigenvalue weighted by Gasteiger charge is -2.01. The van der Waals surface area contributed by atoms with E-state index in [1.165, 1.54) is 6.33 Å². The smallest absolute Gasteiger partial charge is 0.147 e. The van der Waals surface area contributed by atoms with Crippen molar-refractivity contribution in [2.45, 2.75) is 0 Å². The highest BCUT2D eigenvalue weighted by molar-refractivity contribution is 6.16. The van der Waals surface area contributed by atoms with Crippen molar-refractivity contribution in [2.75, 3.05) is 0 Å². The van der Waals surface area contributed by atoms with E-state index in [1.54, 1.807) is 0 Å². The van der Waals surface area contributed by atoms with E-state index >= 15 is 0 Å². The number of benzene rings is 1. The third-order valence-corrected chi connectivity index (χ3v) is 2.40. The van der Waals surface area contributed by atoms with Gasteiger partial charge in [-0.1, -0.05) is 0 Å². The van der Waals surface area contributed by atoms with Crippen LogP contribution in [0, 0.1) is 0 Å². The van der Waals surface area contributed by atoms with Crippen LogP contribution in [0.5, 0.6) is 0 Å².